The number of hydrogen-bond acceptors (Lipinski definition) is 5. The van der Waals surface area contributed by atoms with E-state index in [-0.39, 0.29) is 11.9 Å². The average Bonchev–Trinajstić information content (AvgIpc) is 3.28. The van der Waals surface area contributed by atoms with Crippen molar-refractivity contribution in [2.24, 2.45) is 0 Å². The summed E-state index contributed by atoms with van der Waals surface area (Å²) >= 11 is 0. The first-order chi connectivity index (χ1) is 12.6. The molecule has 1 aliphatic heterocycles. The minimum atomic E-state index is -0.0321. The van der Waals surface area contributed by atoms with Crippen LogP contribution in [0.5, 0.6) is 0 Å². The topological polar surface area (TPSA) is 76.8 Å². The maximum Gasteiger partial charge on any atom is 0.257 e. The summed E-state index contributed by atoms with van der Waals surface area (Å²) in [5.41, 5.74) is 3.53. The molecule has 0 bridgehead atoms. The van der Waals surface area contributed by atoms with Crippen molar-refractivity contribution in [3.63, 3.8) is 0 Å². The lowest BCUT2D eigenvalue weighted by Crippen LogP contribution is -2.29. The van der Waals surface area contributed by atoms with E-state index in [9.17, 15) is 4.79 Å². The Hall–Kier alpha value is -3.09. The Balaban J connectivity index is 1.47. The standard InChI is InChI=1S/C19H20N6O/c1-13-9-14(2)25(23-13)17-5-8-24(12-17)19(26)16-10-21-18(22-11-16)15-3-6-20-7-4-15/h3-4,6-7,9-11,17H,5,8,12H2,1-2H3. The van der Waals surface area contributed by atoms with Crippen molar-refractivity contribution < 1.29 is 4.79 Å². The lowest BCUT2D eigenvalue weighted by Gasteiger charge is -2.17. The van der Waals surface area contributed by atoms with Gasteiger partial charge in [-0.2, -0.15) is 5.10 Å². The molecule has 7 nitrogen and oxygen atoms in total. The van der Waals surface area contributed by atoms with E-state index in [0.29, 0.717) is 24.5 Å². The van der Waals surface area contributed by atoms with Gasteiger partial charge >= 0.3 is 0 Å². The van der Waals surface area contributed by atoms with Gasteiger partial charge in [0.15, 0.2) is 5.82 Å². The van der Waals surface area contributed by atoms with Crippen molar-refractivity contribution in [2.75, 3.05) is 13.1 Å². The number of aromatic nitrogens is 5. The highest BCUT2D eigenvalue weighted by atomic mass is 16.2. The second-order valence-corrected chi connectivity index (χ2v) is 6.60. The van der Waals surface area contributed by atoms with Crippen molar-refractivity contribution in [1.82, 2.24) is 29.6 Å². The molecule has 3 aromatic rings. The zero-order valence-electron chi connectivity index (χ0n) is 14.8. The van der Waals surface area contributed by atoms with Crippen molar-refractivity contribution in [2.45, 2.75) is 26.3 Å². The Kier molecular flexibility index (Phi) is 4.20. The van der Waals surface area contributed by atoms with E-state index in [4.69, 9.17) is 0 Å². The normalized spacial score (nSPS) is 16.8. The second-order valence-electron chi connectivity index (χ2n) is 6.60. The molecule has 1 saturated heterocycles. The molecule has 3 aromatic heterocycles. The van der Waals surface area contributed by atoms with E-state index in [1.54, 1.807) is 24.8 Å². The summed E-state index contributed by atoms with van der Waals surface area (Å²) in [4.78, 5) is 27.3. The van der Waals surface area contributed by atoms with Gasteiger partial charge in [-0.15, -0.1) is 0 Å². The predicted octanol–water partition coefficient (Wildman–Crippen LogP) is 2.44. The molecule has 1 amide bonds. The molecule has 26 heavy (non-hydrogen) atoms. The molecule has 0 spiro atoms. The lowest BCUT2D eigenvalue weighted by atomic mass is 10.2. The van der Waals surface area contributed by atoms with Crippen LogP contribution in [0.3, 0.4) is 0 Å². The van der Waals surface area contributed by atoms with Gasteiger partial charge in [-0.05, 0) is 38.5 Å². The Labute approximate surface area is 151 Å². The SMILES string of the molecule is Cc1cc(C)n(C2CCN(C(=O)c3cnc(-c4ccncc4)nc3)C2)n1. The predicted molar refractivity (Wildman–Crippen MR) is 96.5 cm³/mol. The molecular weight excluding hydrogens is 328 g/mol. The van der Waals surface area contributed by atoms with Crippen LogP contribution in [0, 0.1) is 13.8 Å². The first-order valence-corrected chi connectivity index (χ1v) is 8.66. The second kappa shape index (κ2) is 6.67. The molecule has 0 aliphatic carbocycles. The van der Waals surface area contributed by atoms with E-state index < -0.39 is 0 Å². The molecular formula is C19H20N6O. The number of likely N-dealkylation sites (tertiary alicyclic amines) is 1. The molecule has 1 atom stereocenters. The number of pyridine rings is 1. The first-order valence-electron chi connectivity index (χ1n) is 8.66. The van der Waals surface area contributed by atoms with Gasteiger partial charge < -0.3 is 4.90 Å². The van der Waals surface area contributed by atoms with Crippen LogP contribution in [0.25, 0.3) is 11.4 Å². The summed E-state index contributed by atoms with van der Waals surface area (Å²) in [6.07, 6.45) is 7.50. The molecule has 0 radical (unpaired) electrons. The van der Waals surface area contributed by atoms with Gasteiger partial charge in [0.05, 0.1) is 17.3 Å². The van der Waals surface area contributed by atoms with Crippen LogP contribution in [0.4, 0.5) is 0 Å². The maximum absolute atomic E-state index is 12.8. The number of carbonyl (C=O) groups is 1. The first kappa shape index (κ1) is 16.4. The van der Waals surface area contributed by atoms with Crippen LogP contribution in [0.2, 0.25) is 0 Å². The molecule has 1 unspecified atom stereocenters. The summed E-state index contributed by atoms with van der Waals surface area (Å²) in [5.74, 6) is 0.557. The fraction of sp³-hybridized carbons (Fsp3) is 0.316. The van der Waals surface area contributed by atoms with Crippen LogP contribution >= 0.6 is 0 Å². The summed E-state index contributed by atoms with van der Waals surface area (Å²) in [6, 6.07) is 5.98. The molecule has 1 fully saturated rings. The Bertz CT molecular complexity index is 919. The molecule has 1 aliphatic rings. The highest BCUT2D eigenvalue weighted by molar-refractivity contribution is 5.94. The molecule has 0 N–H and O–H groups in total. The minimum absolute atomic E-state index is 0.0321. The van der Waals surface area contributed by atoms with Crippen LogP contribution < -0.4 is 0 Å². The third-order valence-corrected chi connectivity index (χ3v) is 4.68. The fourth-order valence-corrected chi connectivity index (χ4v) is 3.41. The number of carbonyl (C=O) groups excluding carboxylic acids is 1. The lowest BCUT2D eigenvalue weighted by molar-refractivity contribution is 0.0786. The van der Waals surface area contributed by atoms with Gasteiger partial charge in [-0.25, -0.2) is 9.97 Å². The van der Waals surface area contributed by atoms with E-state index in [0.717, 1.165) is 23.4 Å². The number of amides is 1. The van der Waals surface area contributed by atoms with Crippen LogP contribution in [0.1, 0.15) is 34.2 Å². The largest absolute Gasteiger partial charge is 0.336 e. The quantitative estimate of drug-likeness (QED) is 0.726. The zero-order valence-corrected chi connectivity index (χ0v) is 14.8. The van der Waals surface area contributed by atoms with Crippen molar-refractivity contribution in [1.29, 1.82) is 0 Å². The maximum atomic E-state index is 12.8. The van der Waals surface area contributed by atoms with Crippen LogP contribution in [0.15, 0.2) is 43.0 Å². The van der Waals surface area contributed by atoms with Gasteiger partial charge in [0.25, 0.3) is 5.91 Å². The van der Waals surface area contributed by atoms with E-state index >= 15 is 0 Å². The van der Waals surface area contributed by atoms with Crippen molar-refractivity contribution in [3.8, 4) is 11.4 Å². The smallest absolute Gasteiger partial charge is 0.257 e. The third kappa shape index (κ3) is 3.08. The number of nitrogens with zero attached hydrogens (tertiary/aromatic N) is 6. The number of hydrogen-bond donors (Lipinski definition) is 0. The summed E-state index contributed by atoms with van der Waals surface area (Å²) < 4.78 is 2.03. The highest BCUT2D eigenvalue weighted by Crippen LogP contribution is 2.24. The Morgan fingerprint density at radius 3 is 2.54 bits per heavy atom. The Morgan fingerprint density at radius 2 is 1.88 bits per heavy atom. The van der Waals surface area contributed by atoms with E-state index in [1.165, 1.54) is 0 Å². The molecule has 0 aromatic carbocycles. The van der Waals surface area contributed by atoms with Gasteiger partial charge in [-0.3, -0.25) is 14.5 Å². The summed E-state index contributed by atoms with van der Waals surface area (Å²) in [7, 11) is 0. The summed E-state index contributed by atoms with van der Waals surface area (Å²) in [6.45, 7) is 5.42. The van der Waals surface area contributed by atoms with E-state index in [2.05, 4.69) is 33.0 Å². The van der Waals surface area contributed by atoms with Crippen molar-refractivity contribution >= 4 is 5.91 Å². The summed E-state index contributed by atoms with van der Waals surface area (Å²) in [5, 5.41) is 4.55. The minimum Gasteiger partial charge on any atom is -0.336 e. The van der Waals surface area contributed by atoms with E-state index in [1.807, 2.05) is 28.6 Å². The Morgan fingerprint density at radius 1 is 1.15 bits per heavy atom. The third-order valence-electron chi connectivity index (χ3n) is 4.68. The molecule has 7 heteroatoms. The van der Waals surface area contributed by atoms with Crippen LogP contribution in [-0.4, -0.2) is 48.6 Å². The van der Waals surface area contributed by atoms with Crippen molar-refractivity contribution in [3.05, 3.63) is 59.9 Å². The van der Waals surface area contributed by atoms with Gasteiger partial charge in [0.2, 0.25) is 0 Å². The van der Waals surface area contributed by atoms with Crippen LogP contribution in [-0.2, 0) is 0 Å². The average molecular weight is 348 g/mol. The monoisotopic (exact) mass is 348 g/mol. The zero-order chi connectivity index (χ0) is 18.1. The number of aryl methyl sites for hydroxylation is 2. The van der Waals surface area contributed by atoms with Gasteiger partial charge in [0, 0.05) is 49.1 Å². The molecule has 132 valence electrons. The molecule has 4 heterocycles. The molecule has 4 rings (SSSR count). The highest BCUT2D eigenvalue weighted by Gasteiger charge is 2.29. The van der Waals surface area contributed by atoms with Gasteiger partial charge in [-0.1, -0.05) is 0 Å². The van der Waals surface area contributed by atoms with Gasteiger partial charge in [0.1, 0.15) is 0 Å². The fourth-order valence-electron chi connectivity index (χ4n) is 3.41. The number of rotatable bonds is 3. The molecule has 0 saturated carbocycles.